The molecule has 6 aromatic rings. The highest BCUT2D eigenvalue weighted by Crippen LogP contribution is 2.41. The zero-order valence-electron chi connectivity index (χ0n) is 20.9. The summed E-state index contributed by atoms with van der Waals surface area (Å²) < 4.78 is 19.5. The Labute approximate surface area is 225 Å². The van der Waals surface area contributed by atoms with Gasteiger partial charge in [0.25, 0.3) is 0 Å². The van der Waals surface area contributed by atoms with E-state index in [4.69, 9.17) is 12.9 Å². The monoisotopic (exact) mass is 534 g/mol. The van der Waals surface area contributed by atoms with Gasteiger partial charge in [0.15, 0.2) is 0 Å². The third-order valence-corrected chi connectivity index (χ3v) is 10.2. The molecule has 3 nitrogen and oxygen atoms in total. The molecular formula is C33H28O3P2. The van der Waals surface area contributed by atoms with Gasteiger partial charge in [0.2, 0.25) is 0 Å². The summed E-state index contributed by atoms with van der Waals surface area (Å²) in [6.45, 7) is 0. The lowest BCUT2D eigenvalue weighted by Crippen LogP contribution is -2.16. The van der Waals surface area contributed by atoms with E-state index in [1.807, 2.05) is 42.5 Å². The highest BCUT2D eigenvalue weighted by Gasteiger charge is 2.21. The highest BCUT2D eigenvalue weighted by molar-refractivity contribution is 7.73. The van der Waals surface area contributed by atoms with Crippen LogP contribution in [0.4, 0.5) is 0 Å². The molecule has 0 bridgehead atoms. The Bertz CT molecular complexity index is 1550. The van der Waals surface area contributed by atoms with E-state index in [0.29, 0.717) is 0 Å². The van der Waals surface area contributed by atoms with E-state index in [-0.39, 0.29) is 6.10 Å². The summed E-state index contributed by atoms with van der Waals surface area (Å²) in [5, 5.41) is 4.78. The van der Waals surface area contributed by atoms with Crippen LogP contribution in [0, 0.1) is 0 Å². The van der Waals surface area contributed by atoms with E-state index in [2.05, 4.69) is 97.1 Å². The minimum Gasteiger partial charge on any atom is -0.399 e. The van der Waals surface area contributed by atoms with Crippen LogP contribution in [0.2, 0.25) is 0 Å². The third-order valence-electron chi connectivity index (χ3n) is 6.55. The maximum atomic E-state index is 6.72. The van der Waals surface area contributed by atoms with Crippen LogP contribution < -0.4 is 15.1 Å². The van der Waals surface area contributed by atoms with E-state index in [9.17, 15) is 0 Å². The van der Waals surface area contributed by atoms with E-state index >= 15 is 0 Å². The fourth-order valence-corrected chi connectivity index (χ4v) is 8.25. The first kappa shape index (κ1) is 24.7. The molecule has 0 spiro atoms. The fraction of sp³-hybridized carbons (Fsp3) is 0.0909. The molecule has 0 amide bonds. The van der Waals surface area contributed by atoms with Crippen LogP contribution in [0.15, 0.2) is 148 Å². The summed E-state index contributed by atoms with van der Waals surface area (Å²) in [6.07, 6.45) is 1.66. The number of hydrogen-bond acceptors (Lipinski definition) is 3. The molecule has 1 aromatic heterocycles. The predicted octanol–water partition coefficient (Wildman–Crippen LogP) is 8.98. The molecule has 0 aliphatic heterocycles. The normalized spacial score (nSPS) is 12.1. The Hall–Kier alpha value is -3.61. The fourth-order valence-electron chi connectivity index (χ4n) is 4.68. The Balaban J connectivity index is 1.38. The number of fused-ring (bicyclic) bond motifs is 3. The van der Waals surface area contributed by atoms with Crippen molar-refractivity contribution in [3.63, 3.8) is 0 Å². The van der Waals surface area contributed by atoms with Crippen molar-refractivity contribution < 1.29 is 12.9 Å². The molecule has 6 rings (SSSR count). The first-order chi connectivity index (χ1) is 18.8. The van der Waals surface area contributed by atoms with Crippen LogP contribution >= 0.6 is 16.2 Å². The summed E-state index contributed by atoms with van der Waals surface area (Å²) in [6, 6.07) is 48.2. The van der Waals surface area contributed by atoms with Crippen molar-refractivity contribution in [3.05, 3.63) is 145 Å². The molecule has 0 saturated carbocycles. The predicted molar refractivity (Wildman–Crippen MR) is 161 cm³/mol. The summed E-state index contributed by atoms with van der Waals surface area (Å²) >= 11 is 0. The second-order valence-electron chi connectivity index (χ2n) is 9.01. The van der Waals surface area contributed by atoms with Crippen molar-refractivity contribution in [1.82, 2.24) is 0 Å². The van der Waals surface area contributed by atoms with Crippen LogP contribution in [0.1, 0.15) is 18.1 Å². The van der Waals surface area contributed by atoms with E-state index < -0.39 is 16.2 Å². The average Bonchev–Trinajstić information content (AvgIpc) is 3.14. The average molecular weight is 535 g/mol. The molecule has 0 saturated heterocycles. The molecule has 0 aliphatic carbocycles. The molecule has 0 unspecified atom stereocenters. The Morgan fingerprint density at radius 3 is 1.53 bits per heavy atom. The van der Waals surface area contributed by atoms with Crippen LogP contribution in [-0.4, -0.2) is 6.16 Å². The highest BCUT2D eigenvalue weighted by atomic mass is 31.1. The summed E-state index contributed by atoms with van der Waals surface area (Å²) in [5.41, 5.74) is 2.70. The molecule has 5 aromatic carbocycles. The van der Waals surface area contributed by atoms with Gasteiger partial charge in [-0.2, -0.15) is 0 Å². The van der Waals surface area contributed by atoms with Crippen molar-refractivity contribution >= 4 is 48.7 Å². The zero-order valence-corrected chi connectivity index (χ0v) is 22.7. The van der Waals surface area contributed by atoms with Gasteiger partial charge in [-0.1, -0.05) is 127 Å². The lowest BCUT2D eigenvalue weighted by molar-refractivity contribution is 0.258. The minimum absolute atomic E-state index is 0.169. The lowest BCUT2D eigenvalue weighted by atomic mass is 10.1. The van der Waals surface area contributed by atoms with Gasteiger partial charge in [0.1, 0.15) is 11.2 Å². The first-order valence-electron chi connectivity index (χ1n) is 12.8. The van der Waals surface area contributed by atoms with Crippen LogP contribution in [0.25, 0.3) is 21.9 Å². The maximum Gasteiger partial charge on any atom is 0.388 e. The Morgan fingerprint density at radius 2 is 1.00 bits per heavy atom. The van der Waals surface area contributed by atoms with Crippen molar-refractivity contribution in [2.45, 2.75) is 12.5 Å². The molecule has 1 atom stereocenters. The van der Waals surface area contributed by atoms with Gasteiger partial charge in [0.05, 0.1) is 6.10 Å². The van der Waals surface area contributed by atoms with Crippen molar-refractivity contribution in [2.75, 3.05) is 6.16 Å². The third kappa shape index (κ3) is 5.62. The molecule has 0 aliphatic rings. The number of hydrogen-bond donors (Lipinski definition) is 0. The van der Waals surface area contributed by atoms with Crippen molar-refractivity contribution in [3.8, 4) is 0 Å². The first-order valence-corrected chi connectivity index (χ1v) is 15.4. The molecule has 38 heavy (non-hydrogen) atoms. The van der Waals surface area contributed by atoms with Gasteiger partial charge >= 0.3 is 8.24 Å². The van der Waals surface area contributed by atoms with Gasteiger partial charge in [-0.15, -0.1) is 0 Å². The van der Waals surface area contributed by atoms with E-state index in [1.54, 1.807) is 0 Å². The van der Waals surface area contributed by atoms with E-state index in [1.165, 1.54) is 10.6 Å². The second kappa shape index (κ2) is 11.8. The zero-order chi connectivity index (χ0) is 25.6. The quantitative estimate of drug-likeness (QED) is 0.183. The standard InChI is InChI=1S/C33H28O3P2/c1-4-14-26(15-5-1)31(24-25-37(27-16-6-2-7-17-27)28-18-8-3-9-19-28)34-38-35-32-22-12-10-20-29(32)30-21-11-13-23-33(30)36-38/h1-23,31H,24-25H2/t31-/m0/s1. The molecule has 188 valence electrons. The second-order valence-corrected chi connectivity index (χ2v) is 12.4. The number of benzene rings is 5. The Morgan fingerprint density at radius 1 is 0.553 bits per heavy atom. The number of para-hydroxylation sites is 2. The largest absolute Gasteiger partial charge is 0.399 e. The summed E-state index contributed by atoms with van der Waals surface area (Å²) in [5.74, 6) is 0. The molecule has 0 radical (unpaired) electrons. The van der Waals surface area contributed by atoms with Gasteiger partial charge in [-0.05, 0) is 48.8 Å². The van der Waals surface area contributed by atoms with Crippen molar-refractivity contribution in [1.29, 1.82) is 0 Å². The Kier molecular flexibility index (Phi) is 7.70. The molecular weight excluding hydrogens is 506 g/mol. The minimum atomic E-state index is -1.67. The van der Waals surface area contributed by atoms with Crippen LogP contribution in [-0.2, 0) is 0 Å². The molecule has 0 N–H and O–H groups in total. The van der Waals surface area contributed by atoms with E-state index in [0.717, 1.165) is 40.1 Å². The number of rotatable bonds is 8. The summed E-state index contributed by atoms with van der Waals surface area (Å²) in [7, 11) is -2.21. The van der Waals surface area contributed by atoms with Crippen molar-refractivity contribution in [2.24, 2.45) is 0 Å². The molecule has 1 heterocycles. The van der Waals surface area contributed by atoms with Gasteiger partial charge < -0.3 is 8.39 Å². The molecule has 0 fully saturated rings. The maximum absolute atomic E-state index is 6.72. The van der Waals surface area contributed by atoms with Gasteiger partial charge in [-0.3, -0.25) is 4.52 Å². The SMILES string of the molecule is c1ccc([C@H](CCP(c2ccccc2)c2ccccc2)Op2oc3ccccc3c3ccccc3o2)cc1. The van der Waals surface area contributed by atoms with Gasteiger partial charge in [0, 0.05) is 10.8 Å². The molecule has 5 heteroatoms. The smallest absolute Gasteiger partial charge is 0.388 e. The summed E-state index contributed by atoms with van der Waals surface area (Å²) in [4.78, 5) is 0. The lowest BCUT2D eigenvalue weighted by Gasteiger charge is -2.22. The topological polar surface area (TPSA) is 35.5 Å². The van der Waals surface area contributed by atoms with Gasteiger partial charge in [-0.25, -0.2) is 0 Å². The van der Waals surface area contributed by atoms with Crippen LogP contribution in [0.3, 0.4) is 0 Å². The van der Waals surface area contributed by atoms with Crippen LogP contribution in [0.5, 0.6) is 0 Å².